The number of nitrogens with zero attached hydrogens (tertiary/aromatic N) is 2. The fraction of sp³-hybridized carbons (Fsp3) is 0.400. The standard InChI is InChI=1S/C20H26N4O2/c1-16-14-24(8-9-26-16)15-18-5-2-4-17(10-18)12-22-20(25)23-13-19-6-3-7-21-11-19/h2-7,10-11,16H,8-9,12-15H2,1H3,(H2,22,23,25)/t16-/m0/s1. The number of carbonyl (C=O) groups is 1. The minimum Gasteiger partial charge on any atom is -0.376 e. The van der Waals surface area contributed by atoms with E-state index in [1.807, 2.05) is 24.3 Å². The van der Waals surface area contributed by atoms with Crippen LogP contribution in [0.1, 0.15) is 23.6 Å². The number of amides is 2. The predicted octanol–water partition coefficient (Wildman–Crippen LogP) is 2.30. The highest BCUT2D eigenvalue weighted by Gasteiger charge is 2.16. The lowest BCUT2D eigenvalue weighted by Gasteiger charge is -2.31. The largest absolute Gasteiger partial charge is 0.376 e. The van der Waals surface area contributed by atoms with Gasteiger partial charge in [-0.1, -0.05) is 30.3 Å². The number of urea groups is 1. The second kappa shape index (κ2) is 9.31. The van der Waals surface area contributed by atoms with E-state index in [1.54, 1.807) is 12.4 Å². The molecule has 0 bridgehead atoms. The lowest BCUT2D eigenvalue weighted by atomic mass is 10.1. The number of aromatic nitrogens is 1. The number of rotatable bonds is 6. The average molecular weight is 354 g/mol. The summed E-state index contributed by atoms with van der Waals surface area (Å²) in [5, 5.41) is 5.75. The Morgan fingerprint density at radius 2 is 1.96 bits per heavy atom. The van der Waals surface area contributed by atoms with Crippen molar-refractivity contribution < 1.29 is 9.53 Å². The van der Waals surface area contributed by atoms with Gasteiger partial charge in [-0.15, -0.1) is 0 Å². The Morgan fingerprint density at radius 3 is 2.73 bits per heavy atom. The van der Waals surface area contributed by atoms with Crippen LogP contribution in [0.3, 0.4) is 0 Å². The van der Waals surface area contributed by atoms with Crippen LogP contribution in [0.4, 0.5) is 4.79 Å². The molecule has 1 aliphatic heterocycles. The highest BCUT2D eigenvalue weighted by molar-refractivity contribution is 5.73. The first kappa shape index (κ1) is 18.4. The van der Waals surface area contributed by atoms with E-state index in [9.17, 15) is 4.79 Å². The first-order valence-electron chi connectivity index (χ1n) is 9.01. The van der Waals surface area contributed by atoms with E-state index in [4.69, 9.17) is 4.74 Å². The summed E-state index contributed by atoms with van der Waals surface area (Å²) < 4.78 is 5.59. The molecule has 0 spiro atoms. The molecule has 2 N–H and O–H groups in total. The second-order valence-corrected chi connectivity index (χ2v) is 6.63. The number of pyridine rings is 1. The van der Waals surface area contributed by atoms with Crippen molar-refractivity contribution in [2.45, 2.75) is 32.7 Å². The third-order valence-corrected chi connectivity index (χ3v) is 4.35. The Morgan fingerprint density at radius 1 is 1.19 bits per heavy atom. The average Bonchev–Trinajstić information content (AvgIpc) is 2.66. The lowest BCUT2D eigenvalue weighted by Crippen LogP contribution is -2.40. The molecule has 2 amide bonds. The molecule has 1 fully saturated rings. The molecule has 1 atom stereocenters. The van der Waals surface area contributed by atoms with E-state index in [2.05, 4.69) is 39.6 Å². The summed E-state index contributed by atoms with van der Waals surface area (Å²) in [6, 6.07) is 12.0. The summed E-state index contributed by atoms with van der Waals surface area (Å²) in [5.41, 5.74) is 3.33. The molecular formula is C20H26N4O2. The first-order valence-corrected chi connectivity index (χ1v) is 9.01. The molecule has 0 radical (unpaired) electrons. The Hall–Kier alpha value is -2.44. The third kappa shape index (κ3) is 5.82. The van der Waals surface area contributed by atoms with Gasteiger partial charge in [-0.3, -0.25) is 9.88 Å². The van der Waals surface area contributed by atoms with Gasteiger partial charge in [-0.2, -0.15) is 0 Å². The van der Waals surface area contributed by atoms with Gasteiger partial charge in [0.1, 0.15) is 0 Å². The zero-order chi connectivity index (χ0) is 18.2. The normalized spacial score (nSPS) is 17.7. The van der Waals surface area contributed by atoms with Crippen molar-refractivity contribution in [3.8, 4) is 0 Å². The first-order chi connectivity index (χ1) is 12.7. The molecule has 2 heterocycles. The fourth-order valence-electron chi connectivity index (χ4n) is 3.06. The van der Waals surface area contributed by atoms with Gasteiger partial charge in [0.2, 0.25) is 0 Å². The number of benzene rings is 1. The van der Waals surface area contributed by atoms with Gasteiger partial charge in [0.15, 0.2) is 0 Å². The van der Waals surface area contributed by atoms with Crippen LogP contribution in [-0.2, 0) is 24.4 Å². The molecule has 0 saturated carbocycles. The van der Waals surface area contributed by atoms with Crippen molar-refractivity contribution in [2.75, 3.05) is 19.7 Å². The molecule has 2 aromatic rings. The van der Waals surface area contributed by atoms with Gasteiger partial charge in [-0.25, -0.2) is 4.79 Å². The molecule has 1 aromatic carbocycles. The number of ether oxygens (including phenoxy) is 1. The second-order valence-electron chi connectivity index (χ2n) is 6.63. The van der Waals surface area contributed by atoms with E-state index in [0.29, 0.717) is 13.1 Å². The van der Waals surface area contributed by atoms with Gasteiger partial charge in [0.05, 0.1) is 12.7 Å². The number of carbonyl (C=O) groups excluding carboxylic acids is 1. The zero-order valence-corrected chi connectivity index (χ0v) is 15.1. The van der Waals surface area contributed by atoms with E-state index < -0.39 is 0 Å². The summed E-state index contributed by atoms with van der Waals surface area (Å²) in [7, 11) is 0. The van der Waals surface area contributed by atoms with Crippen molar-refractivity contribution >= 4 is 6.03 Å². The topological polar surface area (TPSA) is 66.5 Å². The highest BCUT2D eigenvalue weighted by Crippen LogP contribution is 2.12. The SMILES string of the molecule is C[C@H]1CN(Cc2cccc(CNC(=O)NCc3cccnc3)c2)CCO1. The lowest BCUT2D eigenvalue weighted by molar-refractivity contribution is -0.0212. The van der Waals surface area contributed by atoms with Gasteiger partial charge in [-0.05, 0) is 29.7 Å². The van der Waals surface area contributed by atoms with Crippen LogP contribution in [0.5, 0.6) is 0 Å². The van der Waals surface area contributed by atoms with Crippen LogP contribution in [0.25, 0.3) is 0 Å². The fourth-order valence-corrected chi connectivity index (χ4v) is 3.06. The monoisotopic (exact) mass is 354 g/mol. The minimum absolute atomic E-state index is 0.179. The molecule has 1 aromatic heterocycles. The van der Waals surface area contributed by atoms with E-state index in [-0.39, 0.29) is 12.1 Å². The number of nitrogens with one attached hydrogen (secondary N) is 2. The smallest absolute Gasteiger partial charge is 0.315 e. The maximum absolute atomic E-state index is 12.0. The molecule has 0 aliphatic carbocycles. The van der Waals surface area contributed by atoms with Gasteiger partial charge >= 0.3 is 6.03 Å². The summed E-state index contributed by atoms with van der Waals surface area (Å²) in [4.78, 5) is 18.4. The van der Waals surface area contributed by atoms with Crippen LogP contribution in [0.15, 0.2) is 48.8 Å². The molecule has 3 rings (SSSR count). The predicted molar refractivity (Wildman–Crippen MR) is 100 cm³/mol. The van der Waals surface area contributed by atoms with Crippen LogP contribution in [-0.4, -0.2) is 41.7 Å². The molecule has 1 saturated heterocycles. The maximum Gasteiger partial charge on any atom is 0.315 e. The quantitative estimate of drug-likeness (QED) is 0.835. The summed E-state index contributed by atoms with van der Waals surface area (Å²) in [5.74, 6) is 0. The molecule has 0 unspecified atom stereocenters. The minimum atomic E-state index is -0.179. The van der Waals surface area contributed by atoms with Crippen LogP contribution in [0.2, 0.25) is 0 Å². The molecule has 6 heteroatoms. The molecule has 138 valence electrons. The van der Waals surface area contributed by atoms with E-state index >= 15 is 0 Å². The molecular weight excluding hydrogens is 328 g/mol. The van der Waals surface area contributed by atoms with Gasteiger partial charge < -0.3 is 15.4 Å². The Balaban J connectivity index is 1.45. The maximum atomic E-state index is 12.0. The third-order valence-electron chi connectivity index (χ3n) is 4.35. The van der Waals surface area contributed by atoms with Gasteiger partial charge in [0, 0.05) is 45.1 Å². The summed E-state index contributed by atoms with van der Waals surface area (Å²) >= 11 is 0. The molecule has 1 aliphatic rings. The molecule has 6 nitrogen and oxygen atoms in total. The number of hydrogen-bond donors (Lipinski definition) is 2. The van der Waals surface area contributed by atoms with Crippen LogP contribution < -0.4 is 10.6 Å². The Kier molecular flexibility index (Phi) is 6.57. The Labute approximate surface area is 154 Å². The zero-order valence-electron chi connectivity index (χ0n) is 15.1. The van der Waals surface area contributed by atoms with Crippen LogP contribution in [0, 0.1) is 0 Å². The van der Waals surface area contributed by atoms with E-state index in [1.165, 1.54) is 5.56 Å². The van der Waals surface area contributed by atoms with Crippen molar-refractivity contribution in [3.05, 3.63) is 65.5 Å². The highest BCUT2D eigenvalue weighted by atomic mass is 16.5. The van der Waals surface area contributed by atoms with Gasteiger partial charge in [0.25, 0.3) is 0 Å². The number of hydrogen-bond acceptors (Lipinski definition) is 4. The van der Waals surface area contributed by atoms with Crippen molar-refractivity contribution in [2.24, 2.45) is 0 Å². The summed E-state index contributed by atoms with van der Waals surface area (Å²) in [6.45, 7) is 6.70. The summed E-state index contributed by atoms with van der Waals surface area (Å²) in [6.07, 6.45) is 3.75. The molecule has 26 heavy (non-hydrogen) atoms. The Bertz CT molecular complexity index is 708. The number of morpholine rings is 1. The van der Waals surface area contributed by atoms with E-state index in [0.717, 1.165) is 37.4 Å². The van der Waals surface area contributed by atoms with Crippen molar-refractivity contribution in [1.82, 2.24) is 20.5 Å². The van der Waals surface area contributed by atoms with Crippen LogP contribution >= 0.6 is 0 Å². The van der Waals surface area contributed by atoms with Crippen molar-refractivity contribution in [3.63, 3.8) is 0 Å². The van der Waals surface area contributed by atoms with Crippen molar-refractivity contribution in [1.29, 1.82) is 0 Å².